The van der Waals surface area contributed by atoms with Crippen LogP contribution in [0.4, 0.5) is 0 Å². The molecule has 0 aromatic carbocycles. The molecule has 0 saturated heterocycles. The Balaban J connectivity index is 3.94. The van der Waals surface area contributed by atoms with Crippen LogP contribution in [0.1, 0.15) is 59.8 Å². The Kier molecular flexibility index (Phi) is 7.50. The summed E-state index contributed by atoms with van der Waals surface area (Å²) >= 11 is 0. The van der Waals surface area contributed by atoms with Gasteiger partial charge >= 0.3 is 0 Å². The Morgan fingerprint density at radius 2 is 1.54 bits per heavy atom. The van der Waals surface area contributed by atoms with Crippen LogP contribution in [0.5, 0.6) is 0 Å². The highest BCUT2D eigenvalue weighted by molar-refractivity contribution is 6.11. The van der Waals surface area contributed by atoms with Crippen molar-refractivity contribution in [2.75, 3.05) is 0 Å². The Labute approximate surface area is 85.9 Å². The molecule has 0 aromatic rings. The van der Waals surface area contributed by atoms with E-state index in [1.165, 1.54) is 32.1 Å². The summed E-state index contributed by atoms with van der Waals surface area (Å²) in [5.41, 5.74) is 0. The van der Waals surface area contributed by atoms with Crippen LogP contribution in [0.2, 0.25) is 5.82 Å². The Morgan fingerprint density at radius 3 is 1.92 bits per heavy atom. The fraction of sp³-hybridized carbons (Fsp3) is 1.00. The molecule has 0 nitrogen and oxygen atoms in total. The fourth-order valence-corrected chi connectivity index (χ4v) is 2.16. The van der Waals surface area contributed by atoms with E-state index in [-0.39, 0.29) is 0 Å². The van der Waals surface area contributed by atoms with Gasteiger partial charge < -0.3 is 0 Å². The van der Waals surface area contributed by atoms with Gasteiger partial charge in [-0.15, -0.1) is 0 Å². The topological polar surface area (TPSA) is 0 Å². The lowest BCUT2D eigenvalue weighted by molar-refractivity contribution is 0.301. The lowest BCUT2D eigenvalue weighted by atomic mass is 9.68. The van der Waals surface area contributed by atoms with E-state index in [1.54, 1.807) is 0 Å². The highest BCUT2D eigenvalue weighted by atomic mass is 14.2. The van der Waals surface area contributed by atoms with Gasteiger partial charge in [-0.25, -0.2) is 0 Å². The second kappa shape index (κ2) is 7.47. The van der Waals surface area contributed by atoms with Gasteiger partial charge in [0.1, 0.15) is 0 Å². The predicted molar refractivity (Wildman–Crippen MR) is 62.3 cm³/mol. The van der Waals surface area contributed by atoms with E-state index >= 15 is 0 Å². The van der Waals surface area contributed by atoms with Gasteiger partial charge in [0.05, 0.1) is 7.85 Å². The summed E-state index contributed by atoms with van der Waals surface area (Å²) in [7, 11) is 6.13. The second-order valence-corrected chi connectivity index (χ2v) is 4.27. The van der Waals surface area contributed by atoms with Crippen molar-refractivity contribution < 1.29 is 0 Å². The van der Waals surface area contributed by atoms with Crippen LogP contribution < -0.4 is 0 Å². The maximum Gasteiger partial charge on any atom is 0.0703 e. The molecule has 0 amide bonds. The SMILES string of the molecule is [B]C(CCC)C(C)C(CC)CCC. The first kappa shape index (κ1) is 13.1. The molecule has 0 spiro atoms. The molecule has 0 N–H and O–H groups in total. The maximum atomic E-state index is 6.13. The van der Waals surface area contributed by atoms with Crippen LogP contribution in [0, 0.1) is 11.8 Å². The van der Waals surface area contributed by atoms with Crippen molar-refractivity contribution in [1.29, 1.82) is 0 Å². The summed E-state index contributed by atoms with van der Waals surface area (Å²) < 4.78 is 0. The first-order valence-corrected chi connectivity index (χ1v) is 5.92. The molecule has 0 bridgehead atoms. The zero-order valence-corrected chi connectivity index (χ0v) is 9.84. The second-order valence-electron chi connectivity index (χ2n) is 4.27. The van der Waals surface area contributed by atoms with Crippen LogP contribution in [0.25, 0.3) is 0 Å². The lowest BCUT2D eigenvalue weighted by Crippen LogP contribution is -2.16. The van der Waals surface area contributed by atoms with E-state index in [2.05, 4.69) is 27.7 Å². The molecule has 0 fully saturated rings. The molecule has 76 valence electrons. The summed E-state index contributed by atoms with van der Waals surface area (Å²) in [5.74, 6) is 1.96. The van der Waals surface area contributed by atoms with Gasteiger partial charge in [0.25, 0.3) is 0 Å². The van der Waals surface area contributed by atoms with Gasteiger partial charge in [-0.05, 0) is 11.8 Å². The standard InChI is InChI=1S/C12H25B/c1-5-8-11(7-3)10(4)12(13)9-6-2/h10-12H,5-9H2,1-4H3. The summed E-state index contributed by atoms with van der Waals surface area (Å²) in [6, 6.07) is 0. The van der Waals surface area contributed by atoms with Crippen LogP contribution in [0.3, 0.4) is 0 Å². The van der Waals surface area contributed by atoms with E-state index in [1.807, 2.05) is 0 Å². The minimum Gasteiger partial charge on any atom is -0.0746 e. The van der Waals surface area contributed by atoms with Gasteiger partial charge in [0.2, 0.25) is 0 Å². The monoisotopic (exact) mass is 180 g/mol. The summed E-state index contributed by atoms with van der Waals surface area (Å²) in [5, 5.41) is 0. The van der Waals surface area contributed by atoms with Crippen LogP contribution >= 0.6 is 0 Å². The largest absolute Gasteiger partial charge is 0.0746 e. The van der Waals surface area contributed by atoms with Gasteiger partial charge in [-0.2, -0.15) is 0 Å². The van der Waals surface area contributed by atoms with Crippen molar-refractivity contribution in [3.63, 3.8) is 0 Å². The minimum absolute atomic E-state index is 0.418. The zero-order valence-electron chi connectivity index (χ0n) is 9.84. The van der Waals surface area contributed by atoms with Crippen molar-refractivity contribution in [3.05, 3.63) is 0 Å². The average molecular weight is 180 g/mol. The highest BCUT2D eigenvalue weighted by Gasteiger charge is 2.19. The van der Waals surface area contributed by atoms with Gasteiger partial charge in [0.15, 0.2) is 0 Å². The summed E-state index contributed by atoms with van der Waals surface area (Å²) in [6.07, 6.45) is 6.32. The van der Waals surface area contributed by atoms with Gasteiger partial charge in [-0.1, -0.05) is 65.6 Å². The Hall–Kier alpha value is 0.0649. The van der Waals surface area contributed by atoms with Gasteiger partial charge in [-0.3, -0.25) is 0 Å². The predicted octanol–water partition coefficient (Wildman–Crippen LogP) is 4.21. The molecule has 0 aromatic heterocycles. The number of rotatable bonds is 7. The quantitative estimate of drug-likeness (QED) is 0.515. The van der Waals surface area contributed by atoms with Crippen LogP contribution in [-0.2, 0) is 0 Å². The molecule has 0 aliphatic carbocycles. The Morgan fingerprint density at radius 1 is 1.00 bits per heavy atom. The van der Waals surface area contributed by atoms with Crippen LogP contribution in [-0.4, -0.2) is 7.85 Å². The van der Waals surface area contributed by atoms with Crippen LogP contribution in [0.15, 0.2) is 0 Å². The Bertz CT molecular complexity index is 112. The van der Waals surface area contributed by atoms with E-state index in [4.69, 9.17) is 7.85 Å². The molecule has 13 heavy (non-hydrogen) atoms. The third-order valence-corrected chi connectivity index (χ3v) is 3.22. The molecule has 0 aliphatic heterocycles. The molecular weight excluding hydrogens is 155 g/mol. The molecule has 3 atom stereocenters. The van der Waals surface area contributed by atoms with E-state index in [0.717, 1.165) is 5.92 Å². The third-order valence-electron chi connectivity index (χ3n) is 3.22. The molecule has 3 unspecified atom stereocenters. The average Bonchev–Trinajstić information content (AvgIpc) is 2.13. The van der Waals surface area contributed by atoms with Crippen molar-refractivity contribution in [1.82, 2.24) is 0 Å². The molecular formula is C12H25B. The highest BCUT2D eigenvalue weighted by Crippen LogP contribution is 2.31. The lowest BCUT2D eigenvalue weighted by Gasteiger charge is -2.28. The van der Waals surface area contributed by atoms with Crippen molar-refractivity contribution >= 4 is 7.85 Å². The number of hydrogen-bond acceptors (Lipinski definition) is 0. The zero-order chi connectivity index (χ0) is 10.3. The molecule has 2 radical (unpaired) electrons. The molecule has 0 saturated carbocycles. The minimum atomic E-state index is 0.418. The molecule has 0 heterocycles. The van der Waals surface area contributed by atoms with Crippen molar-refractivity contribution in [3.8, 4) is 0 Å². The molecule has 0 aliphatic rings. The normalized spacial score (nSPS) is 18.2. The molecule has 1 heteroatoms. The summed E-state index contributed by atoms with van der Waals surface area (Å²) in [6.45, 7) is 9.09. The maximum absolute atomic E-state index is 6.13. The van der Waals surface area contributed by atoms with E-state index in [0.29, 0.717) is 11.7 Å². The van der Waals surface area contributed by atoms with E-state index in [9.17, 15) is 0 Å². The van der Waals surface area contributed by atoms with Crippen molar-refractivity contribution in [2.45, 2.75) is 65.6 Å². The fourth-order valence-electron chi connectivity index (χ4n) is 2.16. The third kappa shape index (κ3) is 4.74. The van der Waals surface area contributed by atoms with Crippen molar-refractivity contribution in [2.24, 2.45) is 11.8 Å². The smallest absolute Gasteiger partial charge is 0.0703 e. The number of hydrogen-bond donors (Lipinski definition) is 0. The van der Waals surface area contributed by atoms with Gasteiger partial charge in [0, 0.05) is 0 Å². The first-order chi connectivity index (χ1) is 6.17. The summed E-state index contributed by atoms with van der Waals surface area (Å²) in [4.78, 5) is 0. The van der Waals surface area contributed by atoms with E-state index < -0.39 is 0 Å². The first-order valence-electron chi connectivity index (χ1n) is 5.92. The molecule has 0 rings (SSSR count).